The summed E-state index contributed by atoms with van der Waals surface area (Å²) in [5, 5.41) is 9.80. The van der Waals surface area contributed by atoms with Crippen LogP contribution in [0.4, 0.5) is 18.0 Å². The van der Waals surface area contributed by atoms with Crippen molar-refractivity contribution in [1.29, 1.82) is 0 Å². The lowest BCUT2D eigenvalue weighted by Gasteiger charge is -2.29. The lowest BCUT2D eigenvalue weighted by molar-refractivity contribution is -0.445. The number of carbonyl (C=O) groups is 3. The van der Waals surface area contributed by atoms with E-state index in [0.29, 0.717) is 31.5 Å². The number of imide groups is 1. The van der Waals surface area contributed by atoms with Crippen molar-refractivity contribution in [2.45, 2.75) is 45.4 Å². The highest BCUT2D eigenvalue weighted by Crippen LogP contribution is 2.42. The Hall–Kier alpha value is -1.88. The fourth-order valence-corrected chi connectivity index (χ4v) is 5.09. The molecule has 3 rings (SSSR count). The van der Waals surface area contributed by atoms with E-state index >= 15 is 0 Å². The predicted molar refractivity (Wildman–Crippen MR) is 99.2 cm³/mol. The zero-order valence-corrected chi connectivity index (χ0v) is 17.0. The van der Waals surface area contributed by atoms with Crippen LogP contribution in [0.25, 0.3) is 0 Å². The van der Waals surface area contributed by atoms with Crippen LogP contribution in [0.3, 0.4) is 0 Å². The number of piperidine rings is 1. The van der Waals surface area contributed by atoms with E-state index < -0.39 is 43.1 Å². The highest BCUT2D eigenvalue weighted by atomic mass is 32.2. The second kappa shape index (κ2) is 8.10. The van der Waals surface area contributed by atoms with E-state index in [1.165, 1.54) is 0 Å². The van der Waals surface area contributed by atoms with Crippen molar-refractivity contribution in [1.82, 2.24) is 9.80 Å². The maximum Gasteiger partial charge on any atom is 0.501 e. The molecule has 0 aromatic rings. The summed E-state index contributed by atoms with van der Waals surface area (Å²) in [6.07, 6.45) is -5.22. The van der Waals surface area contributed by atoms with E-state index in [-0.39, 0.29) is 22.4 Å². The third kappa shape index (κ3) is 4.20. The highest BCUT2D eigenvalue weighted by Gasteiger charge is 2.53. The minimum Gasteiger partial charge on any atom is -0.393 e. The molecule has 0 spiro atoms. The number of fused-ring (bicyclic) bond motifs is 1. The standard InChI is InChI=1S/C18H23F3N3O4S/c1-3-23-14(26)12-10(2)13(15(27)22-7-4-11(25)5-8-22)29-16(12)24(17(23)28)9-6-18(19,20)21/h11-12,25H,3-9H2,1-2H3/q+1. The third-order valence-electron chi connectivity index (χ3n) is 5.37. The van der Waals surface area contributed by atoms with Gasteiger partial charge in [-0.15, -0.1) is 0 Å². The molecule has 0 aromatic carbocycles. The number of hydrogen-bond acceptors (Lipinski definition) is 5. The van der Waals surface area contributed by atoms with Gasteiger partial charge >= 0.3 is 18.1 Å². The molecule has 0 aromatic heterocycles. The Morgan fingerprint density at radius 3 is 2.45 bits per heavy atom. The molecule has 7 nitrogen and oxygen atoms in total. The van der Waals surface area contributed by atoms with Gasteiger partial charge in [0.15, 0.2) is 11.0 Å². The molecular weight excluding hydrogens is 411 g/mol. The number of rotatable bonds is 4. The molecule has 160 valence electrons. The Labute approximate surface area is 170 Å². The summed E-state index contributed by atoms with van der Waals surface area (Å²) in [7, 11) is 0. The van der Waals surface area contributed by atoms with Gasteiger partial charge in [0.05, 0.1) is 24.0 Å². The number of aliphatic hydroxyl groups is 1. The van der Waals surface area contributed by atoms with Crippen molar-refractivity contribution >= 4 is 34.7 Å². The average Bonchev–Trinajstić information content (AvgIpc) is 2.98. The molecular formula is C18H23F3N3O4S+. The summed E-state index contributed by atoms with van der Waals surface area (Å²) in [6, 6.07) is -0.789. The van der Waals surface area contributed by atoms with Crippen molar-refractivity contribution in [3.8, 4) is 0 Å². The summed E-state index contributed by atoms with van der Waals surface area (Å²) in [5.74, 6) is -1.75. The fraction of sp³-hybridized carbons (Fsp3) is 0.667. The van der Waals surface area contributed by atoms with Crippen LogP contribution in [0.5, 0.6) is 0 Å². The van der Waals surface area contributed by atoms with Crippen molar-refractivity contribution in [3.63, 3.8) is 0 Å². The molecule has 0 bridgehead atoms. The summed E-state index contributed by atoms with van der Waals surface area (Å²) in [5.41, 5.74) is 0.453. The van der Waals surface area contributed by atoms with Gasteiger partial charge < -0.3 is 10.0 Å². The molecule has 1 fully saturated rings. The monoisotopic (exact) mass is 434 g/mol. The van der Waals surface area contributed by atoms with Gasteiger partial charge in [0.2, 0.25) is 0 Å². The third-order valence-corrected chi connectivity index (χ3v) is 6.73. The van der Waals surface area contributed by atoms with E-state index in [4.69, 9.17) is 0 Å². The number of amides is 4. The minimum atomic E-state index is -4.45. The smallest absolute Gasteiger partial charge is 0.393 e. The number of halogens is 3. The van der Waals surface area contributed by atoms with Crippen LogP contribution >= 0.6 is 11.8 Å². The first-order chi connectivity index (χ1) is 13.5. The Kier molecular flexibility index (Phi) is 6.09. The van der Waals surface area contributed by atoms with Crippen molar-refractivity contribution in [2.75, 3.05) is 26.2 Å². The van der Waals surface area contributed by atoms with Crippen LogP contribution in [-0.2, 0) is 9.59 Å². The molecule has 1 N–H and O–H groups in total. The molecule has 1 atom stereocenters. The minimum absolute atomic E-state index is 0.0369. The first-order valence-electron chi connectivity index (χ1n) is 9.47. The lowest BCUT2D eigenvalue weighted by atomic mass is 9.97. The zero-order valence-electron chi connectivity index (χ0n) is 16.2. The summed E-state index contributed by atoms with van der Waals surface area (Å²) >= 11 is 0.917. The second-order valence-electron chi connectivity index (χ2n) is 7.29. The van der Waals surface area contributed by atoms with Gasteiger partial charge in [-0.1, -0.05) is 0 Å². The molecule has 3 aliphatic heterocycles. The largest absolute Gasteiger partial charge is 0.501 e. The fourth-order valence-electron chi connectivity index (χ4n) is 3.71. The van der Waals surface area contributed by atoms with Crippen molar-refractivity contribution in [3.05, 3.63) is 10.5 Å². The molecule has 11 heteroatoms. The first-order valence-corrected chi connectivity index (χ1v) is 10.3. The molecule has 0 aliphatic carbocycles. The van der Waals surface area contributed by atoms with Crippen LogP contribution in [0.1, 0.15) is 33.1 Å². The van der Waals surface area contributed by atoms with Gasteiger partial charge in [0.25, 0.3) is 5.91 Å². The molecule has 29 heavy (non-hydrogen) atoms. The van der Waals surface area contributed by atoms with E-state index in [2.05, 4.69) is 0 Å². The van der Waals surface area contributed by atoms with Crippen LogP contribution in [0.15, 0.2) is 10.5 Å². The Morgan fingerprint density at radius 1 is 1.28 bits per heavy atom. The molecule has 0 radical (unpaired) electrons. The molecule has 1 saturated heterocycles. The quantitative estimate of drug-likeness (QED) is 0.685. The Balaban J connectivity index is 1.94. The van der Waals surface area contributed by atoms with Gasteiger partial charge in [-0.05, 0) is 44.0 Å². The van der Waals surface area contributed by atoms with Crippen molar-refractivity contribution < 1.29 is 37.2 Å². The van der Waals surface area contributed by atoms with Crippen LogP contribution < -0.4 is 0 Å². The van der Waals surface area contributed by atoms with E-state index in [9.17, 15) is 32.7 Å². The lowest BCUT2D eigenvalue weighted by Crippen LogP contribution is -2.53. The molecule has 4 amide bonds. The topological polar surface area (TPSA) is 80.9 Å². The SMILES string of the molecule is CCN1C(=O)C2C(C)=C(C(=O)N3CCC(O)CC3)SC2=[N+](CCC(F)(F)F)C1=O. The summed E-state index contributed by atoms with van der Waals surface area (Å²) < 4.78 is 39.3. The van der Waals surface area contributed by atoms with E-state index in [1.54, 1.807) is 18.7 Å². The van der Waals surface area contributed by atoms with Gasteiger partial charge in [-0.25, -0.2) is 4.79 Å². The zero-order chi connectivity index (χ0) is 21.5. The Bertz CT molecular complexity index is 801. The number of likely N-dealkylation sites (tertiary alicyclic amines) is 1. The second-order valence-corrected chi connectivity index (χ2v) is 8.32. The first kappa shape index (κ1) is 21.8. The number of hydrogen-bond donors (Lipinski definition) is 1. The molecule has 0 saturated carbocycles. The maximum absolute atomic E-state index is 13.0. The number of alkyl halides is 3. The summed E-state index contributed by atoms with van der Waals surface area (Å²) in [4.78, 5) is 41.2. The van der Waals surface area contributed by atoms with Crippen LogP contribution in [0, 0.1) is 5.92 Å². The number of nitrogens with zero attached hydrogens (tertiary/aromatic N) is 3. The molecule has 1 unspecified atom stereocenters. The molecule has 3 aliphatic rings. The van der Waals surface area contributed by atoms with Crippen molar-refractivity contribution in [2.24, 2.45) is 5.92 Å². The highest BCUT2D eigenvalue weighted by molar-refractivity contribution is 8.18. The van der Waals surface area contributed by atoms with Gasteiger partial charge in [-0.3, -0.25) is 4.79 Å². The number of aliphatic hydroxyl groups excluding tert-OH is 1. The van der Waals surface area contributed by atoms with Crippen LogP contribution in [-0.4, -0.2) is 80.8 Å². The maximum atomic E-state index is 13.0. The van der Waals surface area contributed by atoms with Crippen LogP contribution in [0.2, 0.25) is 0 Å². The number of urea groups is 1. The number of carbonyl (C=O) groups excluding carboxylic acids is 3. The van der Waals surface area contributed by atoms with Gasteiger partial charge in [0, 0.05) is 13.1 Å². The Morgan fingerprint density at radius 2 is 1.90 bits per heavy atom. The van der Waals surface area contributed by atoms with E-state index in [1.807, 2.05) is 0 Å². The number of thioether (sulfide) groups is 1. The average molecular weight is 434 g/mol. The summed E-state index contributed by atoms with van der Waals surface area (Å²) in [6.45, 7) is 3.35. The van der Waals surface area contributed by atoms with Gasteiger partial charge in [-0.2, -0.15) is 27.4 Å². The normalized spacial score (nSPS) is 24.0. The molecule has 3 heterocycles. The van der Waals surface area contributed by atoms with E-state index in [0.717, 1.165) is 21.2 Å². The predicted octanol–water partition coefficient (Wildman–Crippen LogP) is 1.95. The van der Waals surface area contributed by atoms with Gasteiger partial charge in [0.1, 0.15) is 6.54 Å².